The predicted octanol–water partition coefficient (Wildman–Crippen LogP) is 7.53. The van der Waals surface area contributed by atoms with Crippen molar-refractivity contribution in [3.8, 4) is 16.9 Å². The summed E-state index contributed by atoms with van der Waals surface area (Å²) in [7, 11) is 0. The molecule has 0 spiro atoms. The van der Waals surface area contributed by atoms with Gasteiger partial charge in [0.2, 0.25) is 5.88 Å². The van der Waals surface area contributed by atoms with E-state index >= 15 is 0 Å². The molecule has 1 amide bonds. The molecule has 2 aliphatic heterocycles. The lowest BCUT2D eigenvalue weighted by Gasteiger charge is -2.36. The molecule has 0 fully saturated rings. The largest absolute Gasteiger partial charge is 0.489 e. The van der Waals surface area contributed by atoms with E-state index < -0.39 is 35.0 Å². The van der Waals surface area contributed by atoms with Gasteiger partial charge in [-0.15, -0.1) is 0 Å². The molecule has 0 radical (unpaired) electrons. The van der Waals surface area contributed by atoms with Crippen LogP contribution in [-0.2, 0) is 38.3 Å². The monoisotopic (exact) mass is 622 g/mol. The highest BCUT2D eigenvalue weighted by Crippen LogP contribution is 2.42. The number of esters is 1. The fourth-order valence-corrected chi connectivity index (χ4v) is 5.34. The first-order chi connectivity index (χ1) is 21.0. The number of nitrogens with zero attached hydrogens (tertiary/aromatic N) is 1. The number of rotatable bonds is 7. The zero-order valence-electron chi connectivity index (χ0n) is 26.2. The summed E-state index contributed by atoms with van der Waals surface area (Å²) >= 11 is 0. The van der Waals surface area contributed by atoms with Crippen LogP contribution >= 0.6 is 0 Å². The fraction of sp³-hybridized carbons (Fsp3) is 0.371. The molecule has 0 aromatic heterocycles. The summed E-state index contributed by atoms with van der Waals surface area (Å²) in [5, 5.41) is 3.12. The first-order valence-corrected chi connectivity index (χ1v) is 14.7. The number of halogens is 3. The van der Waals surface area contributed by atoms with Crippen molar-refractivity contribution in [2.45, 2.75) is 84.4 Å². The maximum atomic E-state index is 14.0. The summed E-state index contributed by atoms with van der Waals surface area (Å²) in [6, 6.07) is 16.9. The Balaban J connectivity index is 1.38. The minimum atomic E-state index is -4.54. The molecule has 10 heteroatoms. The summed E-state index contributed by atoms with van der Waals surface area (Å²) in [4.78, 5) is 27.9. The Labute approximate surface area is 261 Å². The van der Waals surface area contributed by atoms with Gasteiger partial charge in [-0.3, -0.25) is 14.5 Å². The van der Waals surface area contributed by atoms with E-state index in [4.69, 9.17) is 14.2 Å². The quantitative estimate of drug-likeness (QED) is 0.275. The molecule has 238 valence electrons. The Morgan fingerprint density at radius 3 is 2.29 bits per heavy atom. The minimum absolute atomic E-state index is 0.0832. The van der Waals surface area contributed by atoms with Crippen LogP contribution in [0, 0.1) is 0 Å². The molecule has 1 atom stereocenters. The standard InChI is InChI=1S/C35H37F3N2O5/c1-33(2,3)44-30(41)19-27-32(42)40-28-15-13-24(17-23(28)18-29(40)31(39-27)45-34(4,5)6)43-20-21-12-14-25(22-10-8-7-9-11-22)26(16-21)35(36,37)38/h7-17,27,39H,18-20H2,1-6H3/t27-/m1/s1. The zero-order valence-corrected chi connectivity index (χ0v) is 26.2. The van der Waals surface area contributed by atoms with Gasteiger partial charge in [-0.1, -0.05) is 42.5 Å². The lowest BCUT2D eigenvalue weighted by molar-refractivity contribution is -0.156. The minimum Gasteiger partial charge on any atom is -0.489 e. The number of hydrogen-bond donors (Lipinski definition) is 1. The Morgan fingerprint density at radius 1 is 0.933 bits per heavy atom. The molecule has 7 nitrogen and oxygen atoms in total. The Morgan fingerprint density at radius 2 is 1.64 bits per heavy atom. The average molecular weight is 623 g/mol. The van der Waals surface area contributed by atoms with E-state index in [0.717, 1.165) is 11.6 Å². The highest BCUT2D eigenvalue weighted by Gasteiger charge is 2.43. The van der Waals surface area contributed by atoms with E-state index in [-0.39, 0.29) is 24.5 Å². The summed E-state index contributed by atoms with van der Waals surface area (Å²) in [6.07, 6.45) is -4.38. The van der Waals surface area contributed by atoms with Crippen LogP contribution in [-0.4, -0.2) is 29.1 Å². The number of carbonyl (C=O) groups excluding carboxylic acids is 2. The van der Waals surface area contributed by atoms with Crippen molar-refractivity contribution >= 4 is 17.6 Å². The SMILES string of the molecule is CC(C)(C)OC(=O)C[C@H]1NC(OC(C)(C)C)=C2Cc3cc(OCc4ccc(-c5ccccc5)c(C(F)(F)F)c4)ccc3N2C1=O. The van der Waals surface area contributed by atoms with E-state index in [9.17, 15) is 22.8 Å². The van der Waals surface area contributed by atoms with Gasteiger partial charge in [0.15, 0.2) is 0 Å². The number of alkyl halides is 3. The van der Waals surface area contributed by atoms with Crippen molar-refractivity contribution in [3.63, 3.8) is 0 Å². The van der Waals surface area contributed by atoms with Crippen LogP contribution in [0.5, 0.6) is 5.75 Å². The number of hydrogen-bond acceptors (Lipinski definition) is 6. The van der Waals surface area contributed by atoms with Crippen molar-refractivity contribution in [1.82, 2.24) is 5.32 Å². The molecule has 2 aliphatic rings. The van der Waals surface area contributed by atoms with Gasteiger partial charge in [-0.2, -0.15) is 13.2 Å². The van der Waals surface area contributed by atoms with E-state index in [2.05, 4.69) is 5.32 Å². The number of anilines is 1. The number of allylic oxidation sites excluding steroid dienone is 1. The second-order valence-corrected chi connectivity index (χ2v) is 13.2. The van der Waals surface area contributed by atoms with Crippen LogP contribution in [0.15, 0.2) is 78.3 Å². The Hall–Kier alpha value is -4.47. The molecule has 3 aromatic rings. The summed E-state index contributed by atoms with van der Waals surface area (Å²) in [5.41, 5.74) is 0.940. The van der Waals surface area contributed by atoms with Crippen molar-refractivity contribution in [3.05, 3.63) is 95.0 Å². The van der Waals surface area contributed by atoms with Crippen molar-refractivity contribution < 1.29 is 37.0 Å². The van der Waals surface area contributed by atoms with E-state index in [1.54, 1.807) is 80.3 Å². The molecule has 0 aliphatic carbocycles. The highest BCUT2D eigenvalue weighted by atomic mass is 19.4. The summed E-state index contributed by atoms with van der Waals surface area (Å²) < 4.78 is 59.6. The lowest BCUT2D eigenvalue weighted by Crippen LogP contribution is -2.53. The van der Waals surface area contributed by atoms with Gasteiger partial charge in [-0.25, -0.2) is 0 Å². The van der Waals surface area contributed by atoms with Crippen LogP contribution < -0.4 is 15.0 Å². The maximum Gasteiger partial charge on any atom is 0.417 e. The number of nitrogens with one attached hydrogen (secondary N) is 1. The Bertz CT molecular complexity index is 1640. The van der Waals surface area contributed by atoms with Gasteiger partial charge in [0.05, 0.1) is 23.4 Å². The molecule has 45 heavy (non-hydrogen) atoms. The molecule has 1 N–H and O–H groups in total. The van der Waals surface area contributed by atoms with Crippen LogP contribution in [0.2, 0.25) is 0 Å². The molecule has 0 unspecified atom stereocenters. The van der Waals surface area contributed by atoms with Crippen molar-refractivity contribution in [2.75, 3.05) is 4.90 Å². The van der Waals surface area contributed by atoms with E-state index in [1.165, 1.54) is 6.07 Å². The molecular formula is C35H37F3N2O5. The zero-order chi connectivity index (χ0) is 32.7. The first-order valence-electron chi connectivity index (χ1n) is 14.7. The summed E-state index contributed by atoms with van der Waals surface area (Å²) in [6.45, 7) is 10.9. The normalized spacial score (nSPS) is 16.6. The molecule has 0 saturated heterocycles. The lowest BCUT2D eigenvalue weighted by atomic mass is 9.97. The van der Waals surface area contributed by atoms with Crippen LogP contribution in [0.1, 0.15) is 64.7 Å². The average Bonchev–Trinajstić information content (AvgIpc) is 3.32. The molecule has 5 rings (SSSR count). The van der Waals surface area contributed by atoms with Gasteiger partial charge in [0, 0.05) is 6.42 Å². The second-order valence-electron chi connectivity index (χ2n) is 13.2. The molecule has 3 aromatic carbocycles. The van der Waals surface area contributed by atoms with Gasteiger partial charge in [0.1, 0.15) is 29.6 Å². The topological polar surface area (TPSA) is 77.1 Å². The number of amides is 1. The molecule has 0 saturated carbocycles. The van der Waals surface area contributed by atoms with Crippen LogP contribution in [0.4, 0.5) is 18.9 Å². The van der Waals surface area contributed by atoms with Crippen molar-refractivity contribution in [2.24, 2.45) is 0 Å². The van der Waals surface area contributed by atoms with Crippen molar-refractivity contribution in [1.29, 1.82) is 0 Å². The third-order valence-electron chi connectivity index (χ3n) is 7.08. The third kappa shape index (κ3) is 7.44. The van der Waals surface area contributed by atoms with Gasteiger partial charge in [-0.05, 0) is 88.1 Å². The fourth-order valence-electron chi connectivity index (χ4n) is 5.34. The second kappa shape index (κ2) is 11.8. The predicted molar refractivity (Wildman–Crippen MR) is 164 cm³/mol. The van der Waals surface area contributed by atoms with Gasteiger partial charge < -0.3 is 19.5 Å². The Kier molecular flexibility index (Phi) is 8.37. The van der Waals surface area contributed by atoms with E-state index in [0.29, 0.717) is 40.6 Å². The summed E-state index contributed by atoms with van der Waals surface area (Å²) in [5.74, 6) is 0.00897. The van der Waals surface area contributed by atoms with Gasteiger partial charge in [0.25, 0.3) is 5.91 Å². The van der Waals surface area contributed by atoms with Crippen LogP contribution in [0.25, 0.3) is 11.1 Å². The number of benzene rings is 3. The highest BCUT2D eigenvalue weighted by molar-refractivity contribution is 6.05. The number of carbonyl (C=O) groups is 2. The molecule has 0 bridgehead atoms. The smallest absolute Gasteiger partial charge is 0.417 e. The first kappa shape index (κ1) is 31.9. The van der Waals surface area contributed by atoms with E-state index in [1.807, 2.05) is 20.8 Å². The third-order valence-corrected chi connectivity index (χ3v) is 7.08. The molecule has 2 heterocycles. The van der Waals surface area contributed by atoms with Crippen LogP contribution in [0.3, 0.4) is 0 Å². The maximum absolute atomic E-state index is 14.0. The number of fused-ring (bicyclic) bond motifs is 3. The molecular weight excluding hydrogens is 585 g/mol. The number of ether oxygens (including phenoxy) is 3. The van der Waals surface area contributed by atoms with Gasteiger partial charge >= 0.3 is 12.1 Å².